The van der Waals surface area contributed by atoms with Gasteiger partial charge < -0.3 is 5.32 Å². The third-order valence-corrected chi connectivity index (χ3v) is 2.27. The van der Waals surface area contributed by atoms with Crippen molar-refractivity contribution in [3.8, 4) is 0 Å². The van der Waals surface area contributed by atoms with Gasteiger partial charge in [0, 0.05) is 13.0 Å². The normalized spacial score (nSPS) is 11.2. The standard InChI is InChI=1S/C9H13F3N6O2/c10-9(11,12)3-1-2-4-14-7-6(18(19)20)5-15-8(16-7)17-13/h5H,1-4,13H2,(H2,14,15,16,17). The van der Waals surface area contributed by atoms with E-state index < -0.39 is 17.5 Å². The molecule has 1 aromatic heterocycles. The quantitative estimate of drug-likeness (QED) is 0.303. The molecule has 0 amide bonds. The van der Waals surface area contributed by atoms with Crippen LogP contribution >= 0.6 is 0 Å². The van der Waals surface area contributed by atoms with E-state index >= 15 is 0 Å². The fraction of sp³-hybridized carbons (Fsp3) is 0.556. The Morgan fingerprint density at radius 1 is 1.40 bits per heavy atom. The maximum absolute atomic E-state index is 11.9. The molecular weight excluding hydrogens is 281 g/mol. The fourth-order valence-corrected chi connectivity index (χ4v) is 1.37. The zero-order valence-corrected chi connectivity index (χ0v) is 10.3. The molecule has 20 heavy (non-hydrogen) atoms. The molecule has 1 heterocycles. The van der Waals surface area contributed by atoms with Crippen molar-refractivity contribution < 1.29 is 18.1 Å². The van der Waals surface area contributed by atoms with Gasteiger partial charge in [0.05, 0.1) is 4.92 Å². The highest BCUT2D eigenvalue weighted by Crippen LogP contribution is 2.23. The maximum Gasteiger partial charge on any atom is 0.389 e. The van der Waals surface area contributed by atoms with Crippen molar-refractivity contribution in [1.82, 2.24) is 9.97 Å². The average Bonchev–Trinajstić information content (AvgIpc) is 2.36. The molecular formula is C9H13F3N6O2. The number of halogens is 3. The van der Waals surface area contributed by atoms with Crippen molar-refractivity contribution in [3.05, 3.63) is 16.3 Å². The second kappa shape index (κ2) is 6.84. The van der Waals surface area contributed by atoms with Gasteiger partial charge in [0.2, 0.25) is 11.8 Å². The molecule has 0 bridgehead atoms. The van der Waals surface area contributed by atoms with Gasteiger partial charge in [-0.05, 0) is 12.8 Å². The Labute approximate surface area is 111 Å². The van der Waals surface area contributed by atoms with Gasteiger partial charge in [0.15, 0.2) is 0 Å². The van der Waals surface area contributed by atoms with E-state index in [-0.39, 0.29) is 36.8 Å². The Morgan fingerprint density at radius 2 is 2.10 bits per heavy atom. The van der Waals surface area contributed by atoms with Crippen LogP contribution < -0.4 is 16.6 Å². The summed E-state index contributed by atoms with van der Waals surface area (Å²) in [5.41, 5.74) is 1.75. The lowest BCUT2D eigenvalue weighted by Crippen LogP contribution is -2.14. The number of nitrogens with zero attached hydrogens (tertiary/aromatic N) is 3. The van der Waals surface area contributed by atoms with E-state index in [0.717, 1.165) is 6.20 Å². The Morgan fingerprint density at radius 3 is 2.65 bits per heavy atom. The van der Waals surface area contributed by atoms with Crippen LogP contribution in [0.15, 0.2) is 6.20 Å². The minimum Gasteiger partial charge on any atom is -0.364 e. The summed E-state index contributed by atoms with van der Waals surface area (Å²) in [6.45, 7) is 0.123. The highest BCUT2D eigenvalue weighted by molar-refractivity contribution is 5.56. The van der Waals surface area contributed by atoms with Gasteiger partial charge in [0.1, 0.15) is 6.20 Å². The van der Waals surface area contributed by atoms with E-state index in [1.807, 2.05) is 0 Å². The summed E-state index contributed by atoms with van der Waals surface area (Å²) in [4.78, 5) is 17.3. The molecule has 0 atom stereocenters. The van der Waals surface area contributed by atoms with Crippen molar-refractivity contribution in [2.24, 2.45) is 5.84 Å². The molecule has 0 unspecified atom stereocenters. The number of nitrogens with two attached hydrogens (primary N) is 1. The van der Waals surface area contributed by atoms with Crippen molar-refractivity contribution in [2.75, 3.05) is 17.3 Å². The zero-order chi connectivity index (χ0) is 15.2. The molecule has 0 aromatic carbocycles. The van der Waals surface area contributed by atoms with Gasteiger partial charge in [0.25, 0.3) is 0 Å². The van der Waals surface area contributed by atoms with Crippen molar-refractivity contribution in [3.63, 3.8) is 0 Å². The average molecular weight is 294 g/mol. The minimum absolute atomic E-state index is 0.0339. The van der Waals surface area contributed by atoms with E-state index in [2.05, 4.69) is 20.7 Å². The molecule has 0 spiro atoms. The summed E-state index contributed by atoms with van der Waals surface area (Å²) < 4.78 is 35.8. The molecule has 112 valence electrons. The zero-order valence-electron chi connectivity index (χ0n) is 10.3. The first kappa shape index (κ1) is 15.9. The Kier molecular flexibility index (Phi) is 5.43. The molecule has 11 heteroatoms. The molecule has 0 aliphatic heterocycles. The van der Waals surface area contributed by atoms with Gasteiger partial charge in [-0.3, -0.25) is 15.5 Å². The number of unbranched alkanes of at least 4 members (excludes halogenated alkanes) is 1. The van der Waals surface area contributed by atoms with E-state index in [1.165, 1.54) is 0 Å². The first-order chi connectivity index (χ1) is 9.33. The van der Waals surface area contributed by atoms with Crippen molar-refractivity contribution in [1.29, 1.82) is 0 Å². The summed E-state index contributed by atoms with van der Waals surface area (Å²) in [5.74, 6) is 4.94. The first-order valence-electron chi connectivity index (χ1n) is 5.62. The number of hydrogen-bond donors (Lipinski definition) is 3. The van der Waals surface area contributed by atoms with Gasteiger partial charge in [-0.2, -0.15) is 18.2 Å². The van der Waals surface area contributed by atoms with Gasteiger partial charge in [-0.1, -0.05) is 0 Å². The van der Waals surface area contributed by atoms with Crippen molar-refractivity contribution >= 4 is 17.5 Å². The summed E-state index contributed by atoms with van der Waals surface area (Å²) >= 11 is 0. The van der Waals surface area contributed by atoms with Crippen LogP contribution in [0.2, 0.25) is 0 Å². The number of hydrazine groups is 1. The molecule has 0 saturated heterocycles. The third-order valence-electron chi connectivity index (χ3n) is 2.27. The largest absolute Gasteiger partial charge is 0.389 e. The van der Waals surface area contributed by atoms with Crippen LogP contribution in [0.3, 0.4) is 0 Å². The van der Waals surface area contributed by atoms with Crippen LogP contribution in [-0.4, -0.2) is 27.6 Å². The predicted molar refractivity (Wildman–Crippen MR) is 64.9 cm³/mol. The number of anilines is 2. The molecule has 4 N–H and O–H groups in total. The van der Waals surface area contributed by atoms with Crippen LogP contribution in [0, 0.1) is 10.1 Å². The number of nitro groups is 1. The second-order valence-electron chi connectivity index (χ2n) is 3.83. The molecule has 0 aliphatic carbocycles. The fourth-order valence-electron chi connectivity index (χ4n) is 1.37. The molecule has 8 nitrogen and oxygen atoms in total. The molecule has 0 aliphatic rings. The molecule has 1 rings (SSSR count). The monoisotopic (exact) mass is 294 g/mol. The SMILES string of the molecule is NNc1ncc([N+](=O)[O-])c(NCCCCC(F)(F)F)n1. The van der Waals surface area contributed by atoms with Crippen LogP contribution in [0.5, 0.6) is 0 Å². The van der Waals surface area contributed by atoms with E-state index in [0.29, 0.717) is 0 Å². The Hall–Kier alpha value is -2.17. The minimum atomic E-state index is -4.20. The number of nitrogens with one attached hydrogen (secondary N) is 2. The van der Waals surface area contributed by atoms with Gasteiger partial charge in [-0.15, -0.1) is 0 Å². The summed E-state index contributed by atoms with van der Waals surface area (Å²) in [6.07, 6.45) is -4.00. The second-order valence-corrected chi connectivity index (χ2v) is 3.83. The first-order valence-corrected chi connectivity index (χ1v) is 5.62. The number of alkyl halides is 3. The molecule has 1 aromatic rings. The van der Waals surface area contributed by atoms with Crippen LogP contribution in [0.25, 0.3) is 0 Å². The van der Waals surface area contributed by atoms with E-state index in [9.17, 15) is 23.3 Å². The molecule has 0 radical (unpaired) electrons. The van der Waals surface area contributed by atoms with Crippen LogP contribution in [-0.2, 0) is 0 Å². The van der Waals surface area contributed by atoms with Crippen LogP contribution in [0.1, 0.15) is 19.3 Å². The van der Waals surface area contributed by atoms with Gasteiger partial charge >= 0.3 is 11.9 Å². The lowest BCUT2D eigenvalue weighted by molar-refractivity contribution is -0.384. The smallest absolute Gasteiger partial charge is 0.364 e. The number of aromatic nitrogens is 2. The third kappa shape index (κ3) is 5.22. The van der Waals surface area contributed by atoms with Crippen molar-refractivity contribution in [2.45, 2.75) is 25.4 Å². The maximum atomic E-state index is 11.9. The highest BCUT2D eigenvalue weighted by atomic mass is 19.4. The summed E-state index contributed by atoms with van der Waals surface area (Å²) in [7, 11) is 0. The lowest BCUT2D eigenvalue weighted by atomic mass is 10.2. The predicted octanol–water partition coefficient (Wildman–Crippen LogP) is 1.81. The number of hydrogen-bond acceptors (Lipinski definition) is 7. The topological polar surface area (TPSA) is 119 Å². The van der Waals surface area contributed by atoms with E-state index in [4.69, 9.17) is 5.84 Å². The highest BCUT2D eigenvalue weighted by Gasteiger charge is 2.25. The molecule has 0 saturated carbocycles. The Bertz CT molecular complexity index is 467. The summed E-state index contributed by atoms with van der Waals surface area (Å²) in [5, 5.41) is 13.3. The van der Waals surface area contributed by atoms with E-state index in [1.54, 1.807) is 0 Å². The number of rotatable bonds is 7. The number of nitrogen functional groups attached to an aromatic ring is 1. The van der Waals surface area contributed by atoms with Gasteiger partial charge in [-0.25, -0.2) is 10.8 Å². The Balaban J connectivity index is 2.55. The van der Waals surface area contributed by atoms with Crippen LogP contribution in [0.4, 0.5) is 30.6 Å². The molecule has 0 fully saturated rings. The lowest BCUT2D eigenvalue weighted by Gasteiger charge is -2.08. The summed E-state index contributed by atoms with van der Waals surface area (Å²) in [6, 6.07) is 0.